The molecule has 0 bridgehead atoms. The second-order valence-electron chi connectivity index (χ2n) is 12.0. The molecule has 0 aliphatic heterocycles. The fraction of sp³-hybridized carbons (Fsp3) is 0. The number of para-hydroxylation sites is 1. The Balaban J connectivity index is 1.30. The minimum Gasteiger partial charge on any atom is -0.455 e. The van der Waals surface area contributed by atoms with Crippen LogP contribution in [0.1, 0.15) is 15.1 Å². The molecule has 0 N–H and O–H groups in total. The first-order valence-corrected chi connectivity index (χ1v) is 16.0. The molecule has 10 aromatic rings. The zero-order valence-electron chi connectivity index (χ0n) is 36.9. The molecule has 0 saturated heterocycles. The highest BCUT2D eigenvalue weighted by molar-refractivity contribution is 6.24. The molecule has 0 radical (unpaired) electrons. The molecule has 9 aromatic carbocycles. The van der Waals surface area contributed by atoms with Crippen LogP contribution in [0, 0.1) is 0 Å². The summed E-state index contributed by atoms with van der Waals surface area (Å²) in [6, 6.07) is 32.4. The molecule has 0 amide bonds. The fourth-order valence-corrected chi connectivity index (χ4v) is 7.13. The second-order valence-corrected chi connectivity index (χ2v) is 12.0. The van der Waals surface area contributed by atoms with Crippen molar-refractivity contribution in [3.63, 3.8) is 0 Å². The summed E-state index contributed by atoms with van der Waals surface area (Å²) in [6.07, 6.45) is 0. The summed E-state index contributed by atoms with van der Waals surface area (Å²) < 4.78 is 103. The van der Waals surface area contributed by atoms with Crippen LogP contribution in [0.2, 0.25) is 0 Å². The van der Waals surface area contributed by atoms with Crippen LogP contribution in [-0.2, 0) is 0 Å². The lowest BCUT2D eigenvalue weighted by molar-refractivity contribution is 0.670. The van der Waals surface area contributed by atoms with Gasteiger partial charge in [-0.2, -0.15) is 0 Å². The van der Waals surface area contributed by atoms with E-state index in [1.807, 2.05) is 66.7 Å². The van der Waals surface area contributed by atoms with Crippen molar-refractivity contribution in [1.29, 1.82) is 0 Å². The van der Waals surface area contributed by atoms with E-state index in [0.717, 1.165) is 54.6 Å². The van der Waals surface area contributed by atoms with E-state index in [0.29, 0.717) is 5.56 Å². The maximum Gasteiger partial charge on any atom is 0.143 e. The quantitative estimate of drug-likeness (QED) is 0.176. The zero-order chi connectivity index (χ0) is 41.9. The van der Waals surface area contributed by atoms with Crippen molar-refractivity contribution >= 4 is 54.3 Å². The maximum absolute atomic E-state index is 9.43. The lowest BCUT2D eigenvalue weighted by Crippen LogP contribution is -1.91. The Kier molecular flexibility index (Phi) is 4.25. The number of furan rings is 1. The average Bonchev–Trinajstić information content (AvgIpc) is 3.68. The number of hydrogen-bond donors (Lipinski definition) is 0. The Labute approximate surface area is 299 Å². The minimum atomic E-state index is -0.660. The van der Waals surface area contributed by atoms with Crippen molar-refractivity contribution < 1.29 is 19.5 Å². The standard InChI is InChI=1S/C48H30O/c1-2-13-31(14-3-1)33-27-28-45-44(30-33)42-25-12-26-43(48(42)49-45)47-40-22-8-6-20-38(40)46(39-21-7-9-23-41(39)47)35-18-10-17-34(29-35)37-24-11-16-32-15-4-5-19-36(32)37/h1-30H/i1D,2D,3D,12D,13D,14D,25D,26D,27D,28D,30D. The normalized spacial score (nSPS) is 14.8. The van der Waals surface area contributed by atoms with Crippen LogP contribution in [0.25, 0.3) is 98.8 Å². The molecule has 1 heteroatoms. The molecule has 10 rings (SSSR count). The Bertz CT molecular complexity index is 3430. The van der Waals surface area contributed by atoms with Gasteiger partial charge in [-0.05, 0) is 83.8 Å². The van der Waals surface area contributed by atoms with E-state index in [2.05, 4.69) is 48.5 Å². The highest BCUT2D eigenvalue weighted by Gasteiger charge is 2.20. The molecule has 0 aliphatic rings. The van der Waals surface area contributed by atoms with Crippen LogP contribution < -0.4 is 0 Å². The molecule has 0 atom stereocenters. The second kappa shape index (κ2) is 11.1. The lowest BCUT2D eigenvalue weighted by atomic mass is 9.85. The first-order valence-electron chi connectivity index (χ1n) is 21.5. The van der Waals surface area contributed by atoms with Crippen molar-refractivity contribution in [2.24, 2.45) is 0 Å². The van der Waals surface area contributed by atoms with Gasteiger partial charge in [0.1, 0.15) is 11.2 Å². The third-order valence-electron chi connectivity index (χ3n) is 9.24. The molecule has 0 aliphatic carbocycles. The van der Waals surface area contributed by atoms with Gasteiger partial charge >= 0.3 is 0 Å². The van der Waals surface area contributed by atoms with Gasteiger partial charge in [0.05, 0.1) is 15.1 Å². The molecule has 1 aromatic heterocycles. The van der Waals surface area contributed by atoms with Gasteiger partial charge in [0, 0.05) is 21.9 Å². The molecule has 0 unspecified atom stereocenters. The van der Waals surface area contributed by atoms with Gasteiger partial charge in [-0.15, -0.1) is 0 Å². The van der Waals surface area contributed by atoms with E-state index in [4.69, 9.17) is 16.8 Å². The molecule has 0 saturated carbocycles. The van der Waals surface area contributed by atoms with E-state index in [1.165, 1.54) is 0 Å². The van der Waals surface area contributed by atoms with Gasteiger partial charge in [0.2, 0.25) is 0 Å². The molecule has 0 spiro atoms. The predicted molar refractivity (Wildman–Crippen MR) is 208 cm³/mol. The van der Waals surface area contributed by atoms with Gasteiger partial charge in [0.15, 0.2) is 0 Å². The molecular formula is C48H30O. The van der Waals surface area contributed by atoms with Gasteiger partial charge in [-0.3, -0.25) is 0 Å². The third kappa shape index (κ3) is 4.40. The highest BCUT2D eigenvalue weighted by Crippen LogP contribution is 2.47. The number of rotatable bonds is 4. The highest BCUT2D eigenvalue weighted by atomic mass is 16.3. The summed E-state index contributed by atoms with van der Waals surface area (Å²) in [5.74, 6) is 0. The SMILES string of the molecule is [2H]c1c([2H])c([2H])c(-c2c([2H])c([2H])c3oc4c(-c5c6ccccc6c(-c6cccc(-c7cccc8ccccc78)c6)c6ccccc56)c([2H])c([2H])c([2H])c4c3c2[2H])c([2H])c1[2H]. The Morgan fingerprint density at radius 3 is 1.82 bits per heavy atom. The van der Waals surface area contributed by atoms with E-state index < -0.39 is 66.0 Å². The predicted octanol–water partition coefficient (Wildman–Crippen LogP) is 13.7. The van der Waals surface area contributed by atoms with Crippen LogP contribution in [0.15, 0.2) is 186 Å². The minimum absolute atomic E-state index is 0.0309. The molecular weight excluding hydrogens is 593 g/mol. The van der Waals surface area contributed by atoms with Crippen molar-refractivity contribution in [3.05, 3.63) is 182 Å². The first kappa shape index (κ1) is 18.8. The van der Waals surface area contributed by atoms with E-state index in [-0.39, 0.29) is 39.1 Å². The summed E-state index contributed by atoms with van der Waals surface area (Å²) in [7, 11) is 0. The number of benzene rings is 9. The topological polar surface area (TPSA) is 13.1 Å². The van der Waals surface area contributed by atoms with Crippen LogP contribution in [0.5, 0.6) is 0 Å². The average molecular weight is 634 g/mol. The monoisotopic (exact) mass is 633 g/mol. The first-order chi connectivity index (χ1) is 28.9. The van der Waals surface area contributed by atoms with E-state index in [9.17, 15) is 2.74 Å². The summed E-state index contributed by atoms with van der Waals surface area (Å²) in [4.78, 5) is 0. The van der Waals surface area contributed by atoms with Gasteiger partial charge in [0.25, 0.3) is 0 Å². The summed E-state index contributed by atoms with van der Waals surface area (Å²) in [5.41, 5.74) is 3.68. The van der Waals surface area contributed by atoms with Gasteiger partial charge < -0.3 is 4.42 Å². The zero-order valence-corrected chi connectivity index (χ0v) is 25.9. The van der Waals surface area contributed by atoms with Crippen molar-refractivity contribution in [3.8, 4) is 44.5 Å². The van der Waals surface area contributed by atoms with Crippen LogP contribution >= 0.6 is 0 Å². The summed E-state index contributed by atoms with van der Waals surface area (Å²) in [6.45, 7) is 0. The van der Waals surface area contributed by atoms with Gasteiger partial charge in [-0.25, -0.2) is 0 Å². The number of fused-ring (bicyclic) bond motifs is 6. The van der Waals surface area contributed by atoms with Crippen LogP contribution in [-0.4, -0.2) is 0 Å². The van der Waals surface area contributed by atoms with E-state index in [1.54, 1.807) is 0 Å². The van der Waals surface area contributed by atoms with Crippen molar-refractivity contribution in [2.45, 2.75) is 0 Å². The molecule has 1 nitrogen and oxygen atoms in total. The Morgan fingerprint density at radius 1 is 0.388 bits per heavy atom. The molecule has 0 fully saturated rings. The smallest absolute Gasteiger partial charge is 0.143 e. The maximum atomic E-state index is 9.43. The lowest BCUT2D eigenvalue weighted by Gasteiger charge is -2.18. The van der Waals surface area contributed by atoms with Crippen LogP contribution in [0.3, 0.4) is 0 Å². The van der Waals surface area contributed by atoms with Gasteiger partial charge in [-0.1, -0.05) is 164 Å². The van der Waals surface area contributed by atoms with Crippen LogP contribution in [0.4, 0.5) is 0 Å². The molecule has 228 valence electrons. The molecule has 49 heavy (non-hydrogen) atoms. The van der Waals surface area contributed by atoms with Crippen molar-refractivity contribution in [1.82, 2.24) is 0 Å². The largest absolute Gasteiger partial charge is 0.455 e. The number of hydrogen-bond acceptors (Lipinski definition) is 1. The van der Waals surface area contributed by atoms with Crippen molar-refractivity contribution in [2.75, 3.05) is 0 Å². The summed E-state index contributed by atoms with van der Waals surface area (Å²) >= 11 is 0. The third-order valence-corrected chi connectivity index (χ3v) is 9.24. The molecule has 1 heterocycles. The summed E-state index contributed by atoms with van der Waals surface area (Å²) in [5, 5.41) is 5.26. The Hall–Kier alpha value is -6.44. The van der Waals surface area contributed by atoms with E-state index >= 15 is 0 Å². The fourth-order valence-electron chi connectivity index (χ4n) is 7.13. The Morgan fingerprint density at radius 2 is 1.04 bits per heavy atom.